The van der Waals surface area contributed by atoms with E-state index in [1.54, 1.807) is 25.3 Å². The molecule has 0 aromatic heterocycles. The number of benzene rings is 1. The lowest BCUT2D eigenvalue weighted by molar-refractivity contribution is -0.0166. The SMILES string of the molecule is C=CCc1c(OC)cccc1C(=O)C#CCOCOC. The second kappa shape index (κ2) is 8.92. The summed E-state index contributed by atoms with van der Waals surface area (Å²) in [7, 11) is 3.09. The van der Waals surface area contributed by atoms with Crippen LogP contribution in [0, 0.1) is 11.8 Å². The Kier molecular flexibility index (Phi) is 7.12. The lowest BCUT2D eigenvalue weighted by atomic mass is 10.00. The molecule has 1 aromatic carbocycles. The molecule has 0 aliphatic heterocycles. The first-order valence-electron chi connectivity index (χ1n) is 6.11. The van der Waals surface area contributed by atoms with Gasteiger partial charge < -0.3 is 14.2 Å². The van der Waals surface area contributed by atoms with Crippen LogP contribution in [-0.2, 0) is 15.9 Å². The summed E-state index contributed by atoms with van der Waals surface area (Å²) in [6.07, 6.45) is 2.27. The molecular weight excluding hydrogens is 256 g/mol. The minimum absolute atomic E-state index is 0.153. The minimum atomic E-state index is -0.262. The standard InChI is InChI=1S/C16H18O4/c1-4-7-14-13(8-5-10-16(14)19-3)15(17)9-6-11-20-12-18-2/h4-5,8,10H,1,7,11-12H2,2-3H3. The van der Waals surface area contributed by atoms with Gasteiger partial charge in [-0.1, -0.05) is 18.1 Å². The van der Waals surface area contributed by atoms with E-state index in [9.17, 15) is 4.79 Å². The summed E-state index contributed by atoms with van der Waals surface area (Å²) in [6.45, 7) is 4.00. The van der Waals surface area contributed by atoms with Crippen LogP contribution in [0.3, 0.4) is 0 Å². The number of Topliss-reactive ketones (excluding diaryl/α,β-unsaturated/α-hetero) is 1. The van der Waals surface area contributed by atoms with Crippen molar-refractivity contribution in [2.45, 2.75) is 6.42 Å². The van der Waals surface area contributed by atoms with Gasteiger partial charge in [-0.25, -0.2) is 0 Å². The highest BCUT2D eigenvalue weighted by Gasteiger charge is 2.12. The summed E-state index contributed by atoms with van der Waals surface area (Å²) in [4.78, 5) is 12.1. The van der Waals surface area contributed by atoms with Crippen LogP contribution in [0.4, 0.5) is 0 Å². The zero-order chi connectivity index (χ0) is 14.8. The maximum atomic E-state index is 12.1. The fourth-order valence-corrected chi connectivity index (χ4v) is 1.68. The summed E-state index contributed by atoms with van der Waals surface area (Å²) >= 11 is 0. The van der Waals surface area contributed by atoms with E-state index < -0.39 is 0 Å². The molecule has 106 valence electrons. The van der Waals surface area contributed by atoms with Crippen LogP contribution >= 0.6 is 0 Å². The molecule has 4 nitrogen and oxygen atoms in total. The zero-order valence-electron chi connectivity index (χ0n) is 11.8. The highest BCUT2D eigenvalue weighted by atomic mass is 16.7. The molecule has 0 aliphatic carbocycles. The molecule has 1 aromatic rings. The molecule has 0 saturated heterocycles. The summed E-state index contributed by atoms with van der Waals surface area (Å²) < 4.78 is 15.0. The largest absolute Gasteiger partial charge is 0.496 e. The molecule has 0 spiro atoms. The molecular formula is C16H18O4. The molecule has 0 saturated carbocycles. The van der Waals surface area contributed by atoms with E-state index in [2.05, 4.69) is 18.4 Å². The van der Waals surface area contributed by atoms with E-state index in [0.717, 1.165) is 5.56 Å². The van der Waals surface area contributed by atoms with Crippen molar-refractivity contribution in [1.82, 2.24) is 0 Å². The van der Waals surface area contributed by atoms with E-state index in [1.807, 2.05) is 6.07 Å². The van der Waals surface area contributed by atoms with Crippen molar-refractivity contribution in [3.63, 3.8) is 0 Å². The molecule has 0 unspecified atom stereocenters. The van der Waals surface area contributed by atoms with E-state index in [1.165, 1.54) is 7.11 Å². The van der Waals surface area contributed by atoms with Crippen LogP contribution in [0.5, 0.6) is 5.75 Å². The van der Waals surface area contributed by atoms with Crippen LogP contribution < -0.4 is 4.74 Å². The molecule has 0 heterocycles. The maximum absolute atomic E-state index is 12.1. The number of methoxy groups -OCH3 is 2. The van der Waals surface area contributed by atoms with Crippen molar-refractivity contribution in [2.24, 2.45) is 0 Å². The first-order valence-corrected chi connectivity index (χ1v) is 6.11. The van der Waals surface area contributed by atoms with Crippen molar-refractivity contribution in [1.29, 1.82) is 0 Å². The quantitative estimate of drug-likeness (QED) is 0.191. The topological polar surface area (TPSA) is 44.8 Å². The zero-order valence-corrected chi connectivity index (χ0v) is 11.8. The van der Waals surface area contributed by atoms with E-state index in [4.69, 9.17) is 14.2 Å². The molecule has 1 rings (SSSR count). The van der Waals surface area contributed by atoms with Crippen molar-refractivity contribution in [3.8, 4) is 17.6 Å². The predicted octanol–water partition coefficient (Wildman–Crippen LogP) is 2.23. The second-order valence-corrected chi connectivity index (χ2v) is 3.87. The van der Waals surface area contributed by atoms with Gasteiger partial charge in [0.05, 0.1) is 7.11 Å². The number of hydrogen-bond donors (Lipinski definition) is 0. The smallest absolute Gasteiger partial charge is 0.236 e. The third-order valence-electron chi connectivity index (χ3n) is 2.52. The Morgan fingerprint density at radius 1 is 1.40 bits per heavy atom. The Hall–Kier alpha value is -2.09. The number of ether oxygens (including phenoxy) is 3. The number of carbonyl (C=O) groups excluding carboxylic acids is 1. The van der Waals surface area contributed by atoms with Crippen LogP contribution in [0.15, 0.2) is 30.9 Å². The number of allylic oxidation sites excluding steroid dienone is 1. The lowest BCUT2D eigenvalue weighted by Gasteiger charge is -2.09. The monoisotopic (exact) mass is 274 g/mol. The molecule has 0 fully saturated rings. The second-order valence-electron chi connectivity index (χ2n) is 3.87. The Balaban J connectivity index is 2.89. The van der Waals surface area contributed by atoms with Gasteiger partial charge in [-0.2, -0.15) is 0 Å². The number of carbonyl (C=O) groups is 1. The van der Waals surface area contributed by atoms with Gasteiger partial charge in [0.2, 0.25) is 5.78 Å². The highest BCUT2D eigenvalue weighted by molar-refractivity contribution is 6.10. The van der Waals surface area contributed by atoms with Crippen LogP contribution in [0.2, 0.25) is 0 Å². The van der Waals surface area contributed by atoms with Crippen molar-refractivity contribution in [2.75, 3.05) is 27.6 Å². The van der Waals surface area contributed by atoms with Gasteiger partial charge in [-0.15, -0.1) is 6.58 Å². The Morgan fingerprint density at radius 3 is 2.85 bits per heavy atom. The average Bonchev–Trinajstić information content (AvgIpc) is 2.47. The average molecular weight is 274 g/mol. The van der Waals surface area contributed by atoms with Crippen LogP contribution in [-0.4, -0.2) is 33.4 Å². The van der Waals surface area contributed by atoms with Crippen LogP contribution in [0.1, 0.15) is 15.9 Å². The highest BCUT2D eigenvalue weighted by Crippen LogP contribution is 2.23. The van der Waals surface area contributed by atoms with Gasteiger partial charge >= 0.3 is 0 Å². The number of hydrogen-bond acceptors (Lipinski definition) is 4. The normalized spacial score (nSPS) is 9.50. The third-order valence-corrected chi connectivity index (χ3v) is 2.52. The Morgan fingerprint density at radius 2 is 2.20 bits per heavy atom. The molecule has 0 atom stereocenters. The fourth-order valence-electron chi connectivity index (χ4n) is 1.68. The van der Waals surface area contributed by atoms with Gasteiger partial charge in [0.15, 0.2) is 0 Å². The first kappa shape index (κ1) is 16.0. The fraction of sp³-hybridized carbons (Fsp3) is 0.312. The van der Waals surface area contributed by atoms with Crippen molar-refractivity contribution in [3.05, 3.63) is 42.0 Å². The molecule has 0 aliphatic rings. The molecule has 4 heteroatoms. The molecule has 0 radical (unpaired) electrons. The summed E-state index contributed by atoms with van der Waals surface area (Å²) in [6, 6.07) is 5.31. The van der Waals surface area contributed by atoms with Gasteiger partial charge in [0, 0.05) is 18.2 Å². The Bertz CT molecular complexity index is 523. The van der Waals surface area contributed by atoms with E-state index in [0.29, 0.717) is 17.7 Å². The summed E-state index contributed by atoms with van der Waals surface area (Å²) in [5, 5.41) is 0. The molecule has 0 bridgehead atoms. The molecule has 20 heavy (non-hydrogen) atoms. The lowest BCUT2D eigenvalue weighted by Crippen LogP contribution is -2.04. The number of ketones is 1. The number of rotatable bonds is 7. The summed E-state index contributed by atoms with van der Waals surface area (Å²) in [5.41, 5.74) is 1.32. The predicted molar refractivity (Wildman–Crippen MR) is 76.8 cm³/mol. The van der Waals surface area contributed by atoms with Crippen molar-refractivity contribution < 1.29 is 19.0 Å². The third kappa shape index (κ3) is 4.54. The van der Waals surface area contributed by atoms with E-state index in [-0.39, 0.29) is 19.2 Å². The first-order chi connectivity index (χ1) is 9.74. The van der Waals surface area contributed by atoms with Gasteiger partial charge in [0.1, 0.15) is 19.1 Å². The van der Waals surface area contributed by atoms with Gasteiger partial charge in [-0.3, -0.25) is 4.79 Å². The van der Waals surface area contributed by atoms with Gasteiger partial charge in [-0.05, 0) is 24.5 Å². The molecule has 0 amide bonds. The summed E-state index contributed by atoms with van der Waals surface area (Å²) in [5.74, 6) is 5.60. The van der Waals surface area contributed by atoms with Gasteiger partial charge in [0.25, 0.3) is 0 Å². The molecule has 0 N–H and O–H groups in total. The van der Waals surface area contributed by atoms with Crippen molar-refractivity contribution >= 4 is 5.78 Å². The van der Waals surface area contributed by atoms with Crippen LogP contribution in [0.25, 0.3) is 0 Å². The minimum Gasteiger partial charge on any atom is -0.496 e. The maximum Gasteiger partial charge on any atom is 0.236 e. The Labute approximate surface area is 119 Å². The van der Waals surface area contributed by atoms with E-state index >= 15 is 0 Å².